The molecule has 122 valence electrons. The van der Waals surface area contributed by atoms with E-state index in [1.165, 1.54) is 43.9 Å². The first kappa shape index (κ1) is 15.6. The zero-order chi connectivity index (χ0) is 16.4. The van der Waals surface area contributed by atoms with Crippen LogP contribution < -0.4 is 14.8 Å². The minimum Gasteiger partial charge on any atom is -0.495 e. The molecule has 0 atom stereocenters. The van der Waals surface area contributed by atoms with Crippen molar-refractivity contribution in [3.8, 4) is 5.75 Å². The number of amides is 1. The molecule has 1 heterocycles. The molecule has 0 bridgehead atoms. The van der Waals surface area contributed by atoms with Crippen molar-refractivity contribution in [3.63, 3.8) is 0 Å². The molecule has 7 nitrogen and oxygen atoms in total. The fraction of sp³-hybridized carbons (Fsp3) is 0.267. The topological polar surface area (TPSA) is 97.6 Å². The van der Waals surface area contributed by atoms with Crippen molar-refractivity contribution in [3.05, 3.63) is 42.4 Å². The van der Waals surface area contributed by atoms with Crippen LogP contribution in [0.1, 0.15) is 23.2 Å². The summed E-state index contributed by atoms with van der Waals surface area (Å²) in [6.45, 7) is 0. The van der Waals surface area contributed by atoms with Gasteiger partial charge < -0.3 is 14.5 Å². The maximum absolute atomic E-state index is 12.3. The number of rotatable bonds is 6. The van der Waals surface area contributed by atoms with E-state index in [1.807, 2.05) is 0 Å². The van der Waals surface area contributed by atoms with Gasteiger partial charge in [-0.15, -0.1) is 0 Å². The molecular weight excluding hydrogens is 320 g/mol. The van der Waals surface area contributed by atoms with Gasteiger partial charge in [0.15, 0.2) is 0 Å². The van der Waals surface area contributed by atoms with E-state index in [1.54, 1.807) is 0 Å². The largest absolute Gasteiger partial charge is 0.495 e. The second-order valence-electron chi connectivity index (χ2n) is 5.22. The predicted octanol–water partition coefficient (Wildman–Crippen LogP) is 1.98. The van der Waals surface area contributed by atoms with Gasteiger partial charge in [0.25, 0.3) is 5.91 Å². The van der Waals surface area contributed by atoms with Crippen LogP contribution in [0.3, 0.4) is 0 Å². The molecule has 23 heavy (non-hydrogen) atoms. The standard InChI is InChI=1S/C15H16N2O5S/c1-21-14-5-4-12(23(19,20)17-11-2-3-11)8-13(14)16-15(18)10-6-7-22-9-10/h4-9,11,17H,2-3H2,1H3,(H,16,18). The van der Waals surface area contributed by atoms with Crippen LogP contribution >= 0.6 is 0 Å². The summed E-state index contributed by atoms with van der Waals surface area (Å²) in [6, 6.07) is 5.84. The van der Waals surface area contributed by atoms with Gasteiger partial charge in [-0.3, -0.25) is 4.79 Å². The lowest BCUT2D eigenvalue weighted by molar-refractivity contribution is 0.102. The minimum atomic E-state index is -3.61. The Balaban J connectivity index is 1.88. The lowest BCUT2D eigenvalue weighted by Crippen LogP contribution is -2.25. The third kappa shape index (κ3) is 3.54. The number of nitrogens with one attached hydrogen (secondary N) is 2. The van der Waals surface area contributed by atoms with Crippen molar-refractivity contribution in [1.29, 1.82) is 0 Å². The highest BCUT2D eigenvalue weighted by Crippen LogP contribution is 2.29. The van der Waals surface area contributed by atoms with E-state index in [-0.39, 0.29) is 16.6 Å². The minimum absolute atomic E-state index is 0.00562. The summed E-state index contributed by atoms with van der Waals surface area (Å²) >= 11 is 0. The Morgan fingerprint density at radius 1 is 1.30 bits per heavy atom. The molecule has 1 aliphatic rings. The highest BCUT2D eigenvalue weighted by atomic mass is 32.2. The highest BCUT2D eigenvalue weighted by molar-refractivity contribution is 7.89. The molecule has 0 unspecified atom stereocenters. The third-order valence-electron chi connectivity index (χ3n) is 3.41. The number of furan rings is 1. The molecule has 0 radical (unpaired) electrons. The molecule has 1 aromatic carbocycles. The van der Waals surface area contributed by atoms with Crippen LogP contribution in [-0.2, 0) is 10.0 Å². The molecule has 2 N–H and O–H groups in total. The highest BCUT2D eigenvalue weighted by Gasteiger charge is 2.28. The SMILES string of the molecule is COc1ccc(S(=O)(=O)NC2CC2)cc1NC(=O)c1ccoc1. The smallest absolute Gasteiger partial charge is 0.259 e. The van der Waals surface area contributed by atoms with Gasteiger partial charge in [-0.1, -0.05) is 0 Å². The number of carbonyl (C=O) groups is 1. The van der Waals surface area contributed by atoms with Gasteiger partial charge in [0.2, 0.25) is 10.0 Å². The zero-order valence-corrected chi connectivity index (χ0v) is 13.2. The van der Waals surface area contributed by atoms with E-state index in [4.69, 9.17) is 9.15 Å². The Bertz CT molecular complexity index is 810. The van der Waals surface area contributed by atoms with Crippen LogP contribution in [0.2, 0.25) is 0 Å². The molecule has 2 aromatic rings. The monoisotopic (exact) mass is 336 g/mol. The van der Waals surface area contributed by atoms with Gasteiger partial charge in [0.1, 0.15) is 12.0 Å². The first-order chi connectivity index (χ1) is 11.0. The van der Waals surface area contributed by atoms with Crippen molar-refractivity contribution in [1.82, 2.24) is 4.72 Å². The molecule has 1 aromatic heterocycles. The second-order valence-corrected chi connectivity index (χ2v) is 6.94. The van der Waals surface area contributed by atoms with Gasteiger partial charge in [0, 0.05) is 6.04 Å². The lowest BCUT2D eigenvalue weighted by atomic mass is 10.2. The van der Waals surface area contributed by atoms with E-state index < -0.39 is 15.9 Å². The Hall–Kier alpha value is -2.32. The summed E-state index contributed by atoms with van der Waals surface area (Å²) in [4.78, 5) is 12.2. The summed E-state index contributed by atoms with van der Waals surface area (Å²) in [5, 5.41) is 2.63. The van der Waals surface area contributed by atoms with Crippen molar-refractivity contribution in [2.24, 2.45) is 0 Å². The van der Waals surface area contributed by atoms with E-state index in [0.29, 0.717) is 11.3 Å². The normalized spacial score (nSPS) is 14.5. The molecule has 1 amide bonds. The Morgan fingerprint density at radius 3 is 2.70 bits per heavy atom. The molecule has 1 aliphatic carbocycles. The number of carbonyl (C=O) groups excluding carboxylic acids is 1. The molecule has 3 rings (SSSR count). The summed E-state index contributed by atoms with van der Waals surface area (Å²) < 4.78 is 37.2. The molecule has 0 spiro atoms. The van der Waals surface area contributed by atoms with Crippen LogP contribution in [-0.4, -0.2) is 27.5 Å². The second kappa shape index (κ2) is 6.05. The van der Waals surface area contributed by atoms with Crippen LogP contribution in [0.15, 0.2) is 46.1 Å². The molecular formula is C15H16N2O5S. The first-order valence-electron chi connectivity index (χ1n) is 7.03. The fourth-order valence-electron chi connectivity index (χ4n) is 2.03. The first-order valence-corrected chi connectivity index (χ1v) is 8.52. The van der Waals surface area contributed by atoms with Crippen LogP contribution in [0, 0.1) is 0 Å². The van der Waals surface area contributed by atoms with Crippen LogP contribution in [0.25, 0.3) is 0 Å². The van der Waals surface area contributed by atoms with Crippen LogP contribution in [0.4, 0.5) is 5.69 Å². The van der Waals surface area contributed by atoms with Crippen molar-refractivity contribution >= 4 is 21.6 Å². The van der Waals surface area contributed by atoms with Crippen molar-refractivity contribution in [2.75, 3.05) is 12.4 Å². The van der Waals surface area contributed by atoms with Gasteiger partial charge in [-0.25, -0.2) is 13.1 Å². The molecule has 8 heteroatoms. The number of sulfonamides is 1. The molecule has 1 fully saturated rings. The van der Waals surface area contributed by atoms with E-state index in [9.17, 15) is 13.2 Å². The number of benzene rings is 1. The summed E-state index contributed by atoms with van der Waals surface area (Å²) in [6.07, 6.45) is 4.38. The number of ether oxygens (including phenoxy) is 1. The average Bonchev–Trinajstić information content (AvgIpc) is 3.15. The Labute approximate surface area is 133 Å². The summed E-state index contributed by atoms with van der Waals surface area (Å²) in [5.74, 6) is -0.0473. The quantitative estimate of drug-likeness (QED) is 0.840. The Morgan fingerprint density at radius 2 is 2.09 bits per heavy atom. The molecule has 0 aliphatic heterocycles. The van der Waals surface area contributed by atoms with Gasteiger partial charge in [-0.05, 0) is 37.1 Å². The summed E-state index contributed by atoms with van der Waals surface area (Å²) in [7, 11) is -2.17. The maximum atomic E-state index is 12.3. The number of hydrogen-bond acceptors (Lipinski definition) is 5. The maximum Gasteiger partial charge on any atom is 0.259 e. The third-order valence-corrected chi connectivity index (χ3v) is 4.93. The van der Waals surface area contributed by atoms with E-state index in [2.05, 4.69) is 10.0 Å². The zero-order valence-electron chi connectivity index (χ0n) is 12.4. The van der Waals surface area contributed by atoms with Gasteiger partial charge >= 0.3 is 0 Å². The molecule has 0 saturated heterocycles. The average molecular weight is 336 g/mol. The lowest BCUT2D eigenvalue weighted by Gasteiger charge is -2.12. The van der Waals surface area contributed by atoms with E-state index >= 15 is 0 Å². The fourth-order valence-corrected chi connectivity index (χ4v) is 3.36. The number of hydrogen-bond donors (Lipinski definition) is 2. The Kier molecular flexibility index (Phi) is 4.10. The van der Waals surface area contributed by atoms with Gasteiger partial charge in [0.05, 0.1) is 29.5 Å². The van der Waals surface area contributed by atoms with Crippen molar-refractivity contribution in [2.45, 2.75) is 23.8 Å². The van der Waals surface area contributed by atoms with E-state index in [0.717, 1.165) is 12.8 Å². The van der Waals surface area contributed by atoms with Gasteiger partial charge in [-0.2, -0.15) is 0 Å². The number of anilines is 1. The van der Waals surface area contributed by atoms with Crippen molar-refractivity contribution < 1.29 is 22.4 Å². The summed E-state index contributed by atoms with van der Waals surface area (Å²) in [5.41, 5.74) is 0.605. The number of methoxy groups -OCH3 is 1. The van der Waals surface area contributed by atoms with Crippen LogP contribution in [0.5, 0.6) is 5.75 Å². The predicted molar refractivity (Wildman–Crippen MR) is 83.0 cm³/mol. The molecule has 1 saturated carbocycles.